The number of nitrogens with zero attached hydrogens (tertiary/aromatic N) is 1. The van der Waals surface area contributed by atoms with Crippen LogP contribution in [0.2, 0.25) is 0 Å². The normalized spacial score (nSPS) is 19.2. The van der Waals surface area contributed by atoms with Crippen molar-refractivity contribution < 1.29 is 26.4 Å². The lowest BCUT2D eigenvalue weighted by Gasteiger charge is -2.26. The number of benzene rings is 2. The average Bonchev–Trinajstić information content (AvgIpc) is 3.29. The first kappa shape index (κ1) is 23.0. The van der Waals surface area contributed by atoms with Crippen LogP contribution in [0.5, 0.6) is 0 Å². The topological polar surface area (TPSA) is 91.9 Å². The molecule has 174 valence electrons. The van der Waals surface area contributed by atoms with Gasteiger partial charge < -0.3 is 4.98 Å². The molecule has 1 aliphatic rings. The summed E-state index contributed by atoms with van der Waals surface area (Å²) < 4.78 is 65.9. The Labute approximate surface area is 189 Å². The molecule has 1 aromatic heterocycles. The number of aromatic nitrogens is 2. The zero-order valence-electron chi connectivity index (χ0n) is 17.5. The summed E-state index contributed by atoms with van der Waals surface area (Å²) in [4.78, 5) is 20.1. The fraction of sp³-hybridized carbons (Fsp3) is 0.304. The highest BCUT2D eigenvalue weighted by Gasteiger charge is 2.32. The summed E-state index contributed by atoms with van der Waals surface area (Å²) in [5.41, 5.74) is 0.0537. The van der Waals surface area contributed by atoms with Gasteiger partial charge in [0.05, 0.1) is 16.2 Å². The van der Waals surface area contributed by atoms with Gasteiger partial charge >= 0.3 is 6.18 Å². The number of aromatic amines is 1. The van der Waals surface area contributed by atoms with Crippen molar-refractivity contribution in [3.63, 3.8) is 0 Å². The van der Waals surface area contributed by atoms with E-state index in [1.54, 1.807) is 30.5 Å². The monoisotopic (exact) mass is 477 g/mol. The molecule has 0 atom stereocenters. The van der Waals surface area contributed by atoms with Crippen LogP contribution in [0, 0.1) is 5.92 Å². The van der Waals surface area contributed by atoms with Crippen LogP contribution in [-0.2, 0) is 21.0 Å². The Morgan fingerprint density at radius 3 is 2.36 bits per heavy atom. The van der Waals surface area contributed by atoms with Crippen LogP contribution in [0.4, 0.5) is 13.2 Å². The molecule has 0 saturated heterocycles. The van der Waals surface area contributed by atoms with Crippen LogP contribution < -0.4 is 4.72 Å². The smallest absolute Gasteiger partial charge is 0.348 e. The number of amides is 1. The third-order valence-corrected chi connectivity index (χ3v) is 7.22. The van der Waals surface area contributed by atoms with Crippen molar-refractivity contribution in [2.45, 2.75) is 42.7 Å². The molecule has 2 N–H and O–H groups in total. The maximum Gasteiger partial charge on any atom is 0.416 e. The Hall–Kier alpha value is -3.14. The number of alkyl halides is 3. The fourth-order valence-corrected chi connectivity index (χ4v) is 5.12. The van der Waals surface area contributed by atoms with E-state index in [2.05, 4.69) is 14.7 Å². The number of imidazole rings is 1. The Morgan fingerprint density at radius 1 is 1.00 bits per heavy atom. The molecule has 2 aromatic carbocycles. The van der Waals surface area contributed by atoms with Gasteiger partial charge in [0.15, 0.2) is 0 Å². The number of hydrogen-bond donors (Lipinski definition) is 2. The second kappa shape index (κ2) is 9.01. The van der Waals surface area contributed by atoms with Crippen LogP contribution >= 0.6 is 0 Å². The van der Waals surface area contributed by atoms with E-state index in [1.807, 2.05) is 0 Å². The van der Waals surface area contributed by atoms with Crippen LogP contribution in [0.3, 0.4) is 0 Å². The van der Waals surface area contributed by atoms with E-state index in [-0.39, 0.29) is 10.8 Å². The number of carbonyl (C=O) groups excluding carboxylic acids is 1. The molecular formula is C23H22F3N3O3S. The van der Waals surface area contributed by atoms with Gasteiger partial charge in [-0.25, -0.2) is 18.1 Å². The first-order valence-corrected chi connectivity index (χ1v) is 12.0. The first-order chi connectivity index (χ1) is 15.6. The zero-order chi connectivity index (χ0) is 23.6. The molecule has 3 aromatic rings. The Morgan fingerprint density at radius 2 is 1.70 bits per heavy atom. The van der Waals surface area contributed by atoms with Crippen molar-refractivity contribution in [1.29, 1.82) is 0 Å². The van der Waals surface area contributed by atoms with E-state index in [9.17, 15) is 26.4 Å². The number of sulfonamides is 1. The van der Waals surface area contributed by atoms with Crippen molar-refractivity contribution in [3.8, 4) is 11.3 Å². The van der Waals surface area contributed by atoms with Crippen molar-refractivity contribution in [2.75, 3.05) is 0 Å². The predicted molar refractivity (Wildman–Crippen MR) is 115 cm³/mol. The molecule has 6 nitrogen and oxygen atoms in total. The number of halogens is 3. The van der Waals surface area contributed by atoms with Crippen molar-refractivity contribution in [1.82, 2.24) is 14.7 Å². The zero-order valence-corrected chi connectivity index (χ0v) is 18.3. The molecule has 0 spiro atoms. The van der Waals surface area contributed by atoms with Gasteiger partial charge in [-0.15, -0.1) is 0 Å². The molecule has 0 bridgehead atoms. The maximum atomic E-state index is 13.0. The lowest BCUT2D eigenvalue weighted by atomic mass is 9.81. The molecular weight excluding hydrogens is 455 g/mol. The summed E-state index contributed by atoms with van der Waals surface area (Å²) in [5.74, 6) is -0.295. The Balaban J connectivity index is 1.38. The molecule has 10 heteroatoms. The van der Waals surface area contributed by atoms with Gasteiger partial charge in [0.2, 0.25) is 5.91 Å². The minimum Gasteiger partial charge on any atom is -0.348 e. The molecule has 0 aliphatic heterocycles. The van der Waals surface area contributed by atoms with Crippen LogP contribution in [0.25, 0.3) is 11.3 Å². The van der Waals surface area contributed by atoms with E-state index in [0.29, 0.717) is 42.8 Å². The fourth-order valence-electron chi connectivity index (χ4n) is 4.05. The highest BCUT2D eigenvalue weighted by Crippen LogP contribution is 2.36. The van der Waals surface area contributed by atoms with Crippen molar-refractivity contribution >= 4 is 15.9 Å². The summed E-state index contributed by atoms with van der Waals surface area (Å²) in [5, 5.41) is 0. The molecule has 0 radical (unpaired) electrons. The molecule has 33 heavy (non-hydrogen) atoms. The summed E-state index contributed by atoms with van der Waals surface area (Å²) in [6.07, 6.45) is -0.656. The average molecular weight is 478 g/mol. The third-order valence-electron chi connectivity index (χ3n) is 5.86. The van der Waals surface area contributed by atoms with Crippen LogP contribution in [-0.4, -0.2) is 24.3 Å². The highest BCUT2D eigenvalue weighted by atomic mass is 32.2. The number of rotatable bonds is 5. The minimum atomic E-state index is -4.43. The van der Waals surface area contributed by atoms with E-state index in [1.165, 1.54) is 18.2 Å². The lowest BCUT2D eigenvalue weighted by Crippen LogP contribution is -2.37. The van der Waals surface area contributed by atoms with E-state index >= 15 is 0 Å². The summed E-state index contributed by atoms with van der Waals surface area (Å²) >= 11 is 0. The largest absolute Gasteiger partial charge is 0.416 e. The summed E-state index contributed by atoms with van der Waals surface area (Å²) in [6.45, 7) is 0. The van der Waals surface area contributed by atoms with Gasteiger partial charge in [-0.1, -0.05) is 30.3 Å². The second-order valence-electron chi connectivity index (χ2n) is 8.08. The van der Waals surface area contributed by atoms with Crippen LogP contribution in [0.15, 0.2) is 65.7 Å². The van der Waals surface area contributed by atoms with E-state index < -0.39 is 33.6 Å². The van der Waals surface area contributed by atoms with Gasteiger partial charge in [-0.3, -0.25) is 4.79 Å². The maximum absolute atomic E-state index is 13.0. The molecule has 1 heterocycles. The minimum absolute atomic E-state index is 0.0133. The Kier molecular flexibility index (Phi) is 6.29. The molecule has 1 saturated carbocycles. The second-order valence-corrected chi connectivity index (χ2v) is 9.76. The molecule has 1 fully saturated rings. The summed E-state index contributed by atoms with van der Waals surface area (Å²) in [6, 6.07) is 12.7. The quantitative estimate of drug-likeness (QED) is 0.548. The van der Waals surface area contributed by atoms with E-state index in [4.69, 9.17) is 0 Å². The van der Waals surface area contributed by atoms with Gasteiger partial charge in [-0.05, 0) is 49.9 Å². The van der Waals surface area contributed by atoms with Crippen molar-refractivity contribution in [3.05, 3.63) is 72.2 Å². The molecule has 1 amide bonds. The Bertz CT molecular complexity index is 1230. The van der Waals surface area contributed by atoms with Gasteiger partial charge in [0.25, 0.3) is 10.0 Å². The third kappa shape index (κ3) is 5.27. The molecule has 1 aliphatic carbocycles. The number of H-pyrrole nitrogens is 1. The summed E-state index contributed by atoms with van der Waals surface area (Å²) in [7, 11) is -3.91. The van der Waals surface area contributed by atoms with Crippen LogP contribution in [0.1, 0.15) is 43.0 Å². The standard InChI is InChI=1S/C23H22F3N3O3S/c24-23(25,26)18-6-4-5-17(13-18)20-14-27-21(28-20)15-9-11-16(12-10-15)22(30)29-33(31,32)19-7-2-1-3-8-19/h1-8,13-16H,9-12H2,(H,27,28)(H,29,30). The molecule has 0 unspecified atom stereocenters. The first-order valence-electron chi connectivity index (χ1n) is 10.5. The van der Waals surface area contributed by atoms with E-state index in [0.717, 1.165) is 12.1 Å². The lowest BCUT2D eigenvalue weighted by molar-refractivity contribution is -0.137. The highest BCUT2D eigenvalue weighted by molar-refractivity contribution is 7.90. The van der Waals surface area contributed by atoms with Gasteiger partial charge in [-0.2, -0.15) is 13.2 Å². The number of carbonyl (C=O) groups is 1. The predicted octanol–water partition coefficient (Wildman–Crippen LogP) is 4.87. The SMILES string of the molecule is O=C(NS(=O)(=O)c1ccccc1)C1CCC(c2nc(-c3cccc(C(F)(F)F)c3)c[nH]2)CC1. The van der Waals surface area contributed by atoms with Crippen molar-refractivity contribution in [2.24, 2.45) is 5.92 Å². The molecule has 4 rings (SSSR count). The number of nitrogens with one attached hydrogen (secondary N) is 2. The van der Waals surface area contributed by atoms with Gasteiger partial charge in [0.1, 0.15) is 5.82 Å². The van der Waals surface area contributed by atoms with Gasteiger partial charge in [0, 0.05) is 23.6 Å². The number of hydrogen-bond acceptors (Lipinski definition) is 4.